The lowest BCUT2D eigenvalue weighted by Gasteiger charge is -2.24. The van der Waals surface area contributed by atoms with Crippen LogP contribution in [0.5, 0.6) is 0 Å². The van der Waals surface area contributed by atoms with Gasteiger partial charge in [-0.3, -0.25) is 0 Å². The van der Waals surface area contributed by atoms with Crippen LogP contribution in [0.15, 0.2) is 193 Å². The molecule has 1 heterocycles. The van der Waals surface area contributed by atoms with Crippen molar-refractivity contribution in [2.24, 2.45) is 0 Å². The molecule has 1 aliphatic rings. The highest BCUT2D eigenvalue weighted by atomic mass is 32.2. The minimum atomic E-state index is 0.139. The molecule has 0 nitrogen and oxygen atoms in total. The van der Waals surface area contributed by atoms with E-state index >= 15 is 0 Å². The number of hydrogen-bond acceptors (Lipinski definition) is 1. The molecular weight excluding hydrogens is 633 g/mol. The van der Waals surface area contributed by atoms with Crippen LogP contribution >= 0.6 is 11.8 Å². The first-order chi connectivity index (χ1) is 24.9. The molecular formula is C50H48S. The zero-order valence-corrected chi connectivity index (χ0v) is 31.4. The Hall–Kier alpha value is -5.37. The maximum Gasteiger partial charge on any atom is 0.0533 e. The van der Waals surface area contributed by atoms with Crippen molar-refractivity contribution in [2.75, 3.05) is 0 Å². The van der Waals surface area contributed by atoms with Crippen LogP contribution in [-0.2, 0) is 0 Å². The van der Waals surface area contributed by atoms with Gasteiger partial charge in [-0.1, -0.05) is 159 Å². The summed E-state index contributed by atoms with van der Waals surface area (Å²) in [5.74, 6) is 0. The molecule has 254 valence electrons. The Morgan fingerprint density at radius 1 is 0.725 bits per heavy atom. The molecule has 0 saturated carbocycles. The summed E-state index contributed by atoms with van der Waals surface area (Å²) in [4.78, 5) is 1.23. The molecule has 0 aliphatic carbocycles. The fourth-order valence-corrected chi connectivity index (χ4v) is 7.93. The monoisotopic (exact) mass is 680 g/mol. The predicted octanol–water partition coefficient (Wildman–Crippen LogP) is 15.0. The van der Waals surface area contributed by atoms with Crippen LogP contribution in [0.25, 0.3) is 50.4 Å². The quantitative estimate of drug-likeness (QED) is 0.106. The standard InChI is InChI=1S/C50H48S/c1-9-16-22-36(12-4)49-33-42(34-50(51-49)37(13-5)23-17-10-2)35(8)30-38(14-6)39-24-20-25-40(31-39)41-28-29-47-46-27-19-18-26-45(46)44(21-11-3)43(15-7)48(47)32-41/h9-34,50H,1,5,7H2,2-4,6,8H3/b17-10-,21-11-,22-16-,35-30+,36-12+,37-23+,38-14+. The number of allylic oxidation sites excluding steroid dienone is 16. The molecule has 0 N–H and O–H groups in total. The lowest BCUT2D eigenvalue weighted by Crippen LogP contribution is -2.08. The summed E-state index contributed by atoms with van der Waals surface area (Å²) in [7, 11) is 0. The molecule has 1 heteroatoms. The molecule has 0 radical (unpaired) electrons. The predicted molar refractivity (Wildman–Crippen MR) is 233 cm³/mol. The van der Waals surface area contributed by atoms with Crippen molar-refractivity contribution in [3.8, 4) is 11.1 Å². The highest BCUT2D eigenvalue weighted by Gasteiger charge is 2.21. The van der Waals surface area contributed by atoms with Crippen LogP contribution in [0.1, 0.15) is 51.3 Å². The summed E-state index contributed by atoms with van der Waals surface area (Å²) in [6.45, 7) is 22.8. The van der Waals surface area contributed by atoms with E-state index in [9.17, 15) is 0 Å². The number of benzene rings is 4. The molecule has 1 unspecified atom stereocenters. The number of thioether (sulfide) groups is 1. The molecule has 4 aromatic carbocycles. The lowest BCUT2D eigenvalue weighted by molar-refractivity contribution is 1.25. The Morgan fingerprint density at radius 2 is 1.47 bits per heavy atom. The van der Waals surface area contributed by atoms with E-state index in [4.69, 9.17) is 0 Å². The maximum atomic E-state index is 4.23. The van der Waals surface area contributed by atoms with Gasteiger partial charge in [0.1, 0.15) is 0 Å². The highest BCUT2D eigenvalue weighted by Crippen LogP contribution is 2.41. The molecule has 0 fully saturated rings. The molecule has 5 rings (SSSR count). The number of fused-ring (bicyclic) bond motifs is 3. The summed E-state index contributed by atoms with van der Waals surface area (Å²) in [6.07, 6.45) is 31.9. The van der Waals surface area contributed by atoms with E-state index in [-0.39, 0.29) is 5.25 Å². The molecule has 0 amide bonds. The van der Waals surface area contributed by atoms with Gasteiger partial charge in [0.2, 0.25) is 0 Å². The van der Waals surface area contributed by atoms with Crippen LogP contribution in [0, 0.1) is 0 Å². The molecule has 51 heavy (non-hydrogen) atoms. The first-order valence-corrected chi connectivity index (χ1v) is 18.5. The summed E-state index contributed by atoms with van der Waals surface area (Å²) < 4.78 is 0. The second-order valence-electron chi connectivity index (χ2n) is 12.4. The number of rotatable bonds is 12. The van der Waals surface area contributed by atoms with Crippen LogP contribution in [0.4, 0.5) is 0 Å². The van der Waals surface area contributed by atoms with E-state index in [0.717, 1.165) is 0 Å². The molecule has 0 saturated heterocycles. The summed E-state index contributed by atoms with van der Waals surface area (Å²) in [5.41, 5.74) is 11.9. The zero-order valence-electron chi connectivity index (χ0n) is 30.6. The molecule has 1 atom stereocenters. The van der Waals surface area contributed by atoms with Crippen molar-refractivity contribution >= 4 is 51.0 Å². The van der Waals surface area contributed by atoms with Crippen LogP contribution < -0.4 is 0 Å². The molecule has 0 aromatic heterocycles. The summed E-state index contributed by atoms with van der Waals surface area (Å²) in [6, 6.07) is 24.4. The lowest BCUT2D eigenvalue weighted by atomic mass is 9.89. The number of hydrogen-bond donors (Lipinski definition) is 0. The van der Waals surface area contributed by atoms with Crippen molar-refractivity contribution in [2.45, 2.75) is 39.9 Å². The van der Waals surface area contributed by atoms with Crippen LogP contribution in [0.3, 0.4) is 0 Å². The molecule has 4 aromatic rings. The largest absolute Gasteiger partial charge is 0.113 e. The zero-order chi connectivity index (χ0) is 36.3. The topological polar surface area (TPSA) is 0 Å². The molecule has 0 spiro atoms. The second kappa shape index (κ2) is 17.5. The van der Waals surface area contributed by atoms with E-state index in [0.29, 0.717) is 0 Å². The van der Waals surface area contributed by atoms with E-state index < -0.39 is 0 Å². The van der Waals surface area contributed by atoms with Gasteiger partial charge in [0.15, 0.2) is 0 Å². The van der Waals surface area contributed by atoms with Gasteiger partial charge in [0.25, 0.3) is 0 Å². The molecule has 1 aliphatic heterocycles. The summed E-state index contributed by atoms with van der Waals surface area (Å²) >= 11 is 1.85. The Kier molecular flexibility index (Phi) is 12.7. The third kappa shape index (κ3) is 8.17. The minimum absolute atomic E-state index is 0.139. The van der Waals surface area contributed by atoms with E-state index in [2.05, 4.69) is 181 Å². The highest BCUT2D eigenvalue weighted by molar-refractivity contribution is 8.04. The fraction of sp³-hybridized carbons (Fsp3) is 0.120. The van der Waals surface area contributed by atoms with Gasteiger partial charge in [-0.05, 0) is 130 Å². The Bertz CT molecular complexity index is 2260. The second-order valence-corrected chi connectivity index (χ2v) is 13.6. The SMILES string of the molecule is C=C/C=C\C(=C/C)C1=CC(/C(C)=C/C(=C\C)c2cccc(-c3ccc4c(c3)c(C=C)c(/C=C\C)c3ccccc34)c2)=CC(/C(C=C)=C/C=C\C)S1. The van der Waals surface area contributed by atoms with Gasteiger partial charge in [-0.25, -0.2) is 0 Å². The van der Waals surface area contributed by atoms with Crippen molar-refractivity contribution in [1.82, 2.24) is 0 Å². The van der Waals surface area contributed by atoms with Gasteiger partial charge in [0, 0.05) is 4.91 Å². The van der Waals surface area contributed by atoms with Crippen molar-refractivity contribution < 1.29 is 0 Å². The minimum Gasteiger partial charge on any atom is -0.113 e. The van der Waals surface area contributed by atoms with Crippen LogP contribution in [0.2, 0.25) is 0 Å². The van der Waals surface area contributed by atoms with Gasteiger partial charge in [-0.15, -0.1) is 11.8 Å². The first kappa shape index (κ1) is 36.9. The normalized spacial score (nSPS) is 16.4. The van der Waals surface area contributed by atoms with E-state index in [1.165, 1.54) is 82.1 Å². The van der Waals surface area contributed by atoms with Gasteiger partial charge < -0.3 is 0 Å². The average molecular weight is 681 g/mol. The van der Waals surface area contributed by atoms with Crippen molar-refractivity contribution in [1.29, 1.82) is 0 Å². The average Bonchev–Trinajstić information content (AvgIpc) is 3.17. The van der Waals surface area contributed by atoms with Crippen LogP contribution in [-0.4, -0.2) is 5.25 Å². The van der Waals surface area contributed by atoms with Crippen molar-refractivity contribution in [3.05, 3.63) is 209 Å². The van der Waals surface area contributed by atoms with E-state index in [1.807, 2.05) is 43.0 Å². The summed E-state index contributed by atoms with van der Waals surface area (Å²) in [5, 5.41) is 5.10. The Morgan fingerprint density at radius 3 is 2.16 bits per heavy atom. The third-order valence-electron chi connectivity index (χ3n) is 9.24. The smallest absolute Gasteiger partial charge is 0.0533 e. The van der Waals surface area contributed by atoms with Gasteiger partial charge >= 0.3 is 0 Å². The molecule has 0 bridgehead atoms. The first-order valence-electron chi connectivity index (χ1n) is 17.6. The maximum absolute atomic E-state index is 4.23. The third-order valence-corrected chi connectivity index (χ3v) is 10.5. The van der Waals surface area contributed by atoms with Gasteiger partial charge in [-0.2, -0.15) is 0 Å². The van der Waals surface area contributed by atoms with Gasteiger partial charge in [0.05, 0.1) is 5.25 Å². The van der Waals surface area contributed by atoms with E-state index in [1.54, 1.807) is 0 Å². The fourth-order valence-electron chi connectivity index (χ4n) is 6.62. The Balaban J connectivity index is 1.58. The van der Waals surface area contributed by atoms with Crippen molar-refractivity contribution in [3.63, 3.8) is 0 Å². The Labute approximate surface area is 310 Å².